The minimum absolute atomic E-state index is 0.161. The Balaban J connectivity index is 3.21. The fraction of sp³-hybridized carbons (Fsp3) is 0.833. The second-order valence-electron chi connectivity index (χ2n) is 2.30. The van der Waals surface area contributed by atoms with Crippen molar-refractivity contribution in [3.63, 3.8) is 0 Å². The highest BCUT2D eigenvalue weighted by Gasteiger charge is 1.96. The molecule has 0 aliphatic heterocycles. The van der Waals surface area contributed by atoms with Gasteiger partial charge in [-0.25, -0.2) is 0 Å². The van der Waals surface area contributed by atoms with Crippen molar-refractivity contribution in [3.05, 3.63) is 0 Å². The molecule has 0 amide bonds. The Bertz CT molecular complexity index is 105. The van der Waals surface area contributed by atoms with Gasteiger partial charge in [0.15, 0.2) is 0 Å². The molecule has 0 bridgehead atoms. The maximum Gasteiger partial charge on any atom is 0.0918 e. The van der Waals surface area contributed by atoms with E-state index in [0.29, 0.717) is 13.0 Å². The molecule has 4 heteroatoms. The number of aliphatic hydroxyl groups excluding tert-OH is 1. The van der Waals surface area contributed by atoms with Gasteiger partial charge >= 0.3 is 0 Å². The van der Waals surface area contributed by atoms with Crippen molar-refractivity contribution in [2.75, 3.05) is 26.7 Å². The molecule has 0 aliphatic carbocycles. The molecule has 0 rings (SSSR count). The van der Waals surface area contributed by atoms with E-state index in [9.17, 15) is 0 Å². The van der Waals surface area contributed by atoms with E-state index >= 15 is 0 Å². The smallest absolute Gasteiger partial charge is 0.0918 e. The number of likely N-dealkylation sites (N-methyl/N-ethyl adjacent to an activating group) is 1. The average molecular weight is 145 g/mol. The number of rotatable bonds is 5. The average Bonchev–Trinajstić information content (AvgIpc) is 1.85. The van der Waals surface area contributed by atoms with Gasteiger partial charge in [0.2, 0.25) is 0 Å². The van der Waals surface area contributed by atoms with E-state index in [-0.39, 0.29) is 12.4 Å². The van der Waals surface area contributed by atoms with Crippen LogP contribution in [0.5, 0.6) is 0 Å². The van der Waals surface area contributed by atoms with Crippen LogP contribution < -0.4 is 5.73 Å². The first kappa shape index (κ1) is 9.39. The van der Waals surface area contributed by atoms with E-state index in [1.54, 1.807) is 0 Å². The molecule has 0 saturated heterocycles. The Labute approximate surface area is 61.1 Å². The van der Waals surface area contributed by atoms with Gasteiger partial charge in [0.1, 0.15) is 0 Å². The van der Waals surface area contributed by atoms with Crippen LogP contribution in [0.4, 0.5) is 0 Å². The molecule has 0 fully saturated rings. The Hall–Kier alpha value is -0.610. The highest BCUT2D eigenvalue weighted by Crippen LogP contribution is 1.84. The zero-order valence-corrected chi connectivity index (χ0v) is 6.30. The minimum atomic E-state index is 0.161. The van der Waals surface area contributed by atoms with Crippen LogP contribution in [0.2, 0.25) is 0 Å². The van der Waals surface area contributed by atoms with Crippen LogP contribution in [0.3, 0.4) is 0 Å². The normalized spacial score (nSPS) is 10.3. The van der Waals surface area contributed by atoms with Gasteiger partial charge in [-0.3, -0.25) is 5.41 Å². The maximum atomic E-state index is 8.48. The number of nitrogens with two attached hydrogens (primary N) is 1. The lowest BCUT2D eigenvalue weighted by Crippen LogP contribution is -2.26. The number of hydrogen-bond donors (Lipinski definition) is 3. The van der Waals surface area contributed by atoms with Gasteiger partial charge in [-0.05, 0) is 7.05 Å². The summed E-state index contributed by atoms with van der Waals surface area (Å²) in [4.78, 5) is 1.93. The molecule has 0 atom stereocenters. The van der Waals surface area contributed by atoms with Crippen LogP contribution in [0.15, 0.2) is 0 Å². The van der Waals surface area contributed by atoms with E-state index in [2.05, 4.69) is 0 Å². The lowest BCUT2D eigenvalue weighted by Gasteiger charge is -2.13. The molecule has 60 valence electrons. The van der Waals surface area contributed by atoms with E-state index in [1.165, 1.54) is 0 Å². The first-order valence-corrected chi connectivity index (χ1v) is 3.29. The monoisotopic (exact) mass is 145 g/mol. The number of nitrogens with one attached hydrogen (secondary N) is 1. The molecule has 0 heterocycles. The third-order valence-corrected chi connectivity index (χ3v) is 1.24. The molecule has 0 spiro atoms. The topological polar surface area (TPSA) is 73.3 Å². The van der Waals surface area contributed by atoms with E-state index < -0.39 is 0 Å². The van der Waals surface area contributed by atoms with Crippen molar-refractivity contribution >= 4 is 5.84 Å². The summed E-state index contributed by atoms with van der Waals surface area (Å²) in [6.45, 7) is 1.55. The minimum Gasteiger partial charge on any atom is -0.395 e. The fourth-order valence-corrected chi connectivity index (χ4v) is 0.594. The van der Waals surface area contributed by atoms with Crippen molar-refractivity contribution in [1.82, 2.24) is 4.90 Å². The summed E-state index contributed by atoms with van der Waals surface area (Å²) < 4.78 is 0. The van der Waals surface area contributed by atoms with E-state index in [1.807, 2.05) is 11.9 Å². The third-order valence-electron chi connectivity index (χ3n) is 1.24. The van der Waals surface area contributed by atoms with Crippen molar-refractivity contribution in [2.45, 2.75) is 6.42 Å². The SMILES string of the molecule is CN(CCO)CCC(=N)N. The quantitative estimate of drug-likeness (QED) is 0.351. The first-order valence-electron chi connectivity index (χ1n) is 3.29. The molecule has 0 radical (unpaired) electrons. The highest BCUT2D eigenvalue weighted by molar-refractivity contribution is 5.76. The lowest BCUT2D eigenvalue weighted by molar-refractivity contribution is 0.224. The van der Waals surface area contributed by atoms with E-state index in [0.717, 1.165) is 6.54 Å². The molecular formula is C6H15N3O. The van der Waals surface area contributed by atoms with Crippen LogP contribution in [-0.4, -0.2) is 42.6 Å². The van der Waals surface area contributed by atoms with Crippen LogP contribution in [0.1, 0.15) is 6.42 Å². The Morgan fingerprint density at radius 1 is 1.60 bits per heavy atom. The van der Waals surface area contributed by atoms with Crippen LogP contribution >= 0.6 is 0 Å². The molecule has 0 saturated carbocycles. The number of amidine groups is 1. The summed E-state index contributed by atoms with van der Waals surface area (Å²) >= 11 is 0. The number of nitrogens with zero attached hydrogens (tertiary/aromatic N) is 1. The molecule has 0 unspecified atom stereocenters. The van der Waals surface area contributed by atoms with Crippen LogP contribution in [-0.2, 0) is 0 Å². The zero-order valence-electron chi connectivity index (χ0n) is 6.30. The van der Waals surface area contributed by atoms with Gasteiger partial charge in [0.25, 0.3) is 0 Å². The highest BCUT2D eigenvalue weighted by atomic mass is 16.3. The van der Waals surface area contributed by atoms with Crippen molar-refractivity contribution in [1.29, 1.82) is 5.41 Å². The molecule has 4 nitrogen and oxygen atoms in total. The first-order chi connectivity index (χ1) is 4.66. The second kappa shape index (κ2) is 5.20. The van der Waals surface area contributed by atoms with Crippen molar-refractivity contribution in [2.24, 2.45) is 5.73 Å². The summed E-state index contributed by atoms with van der Waals surface area (Å²) in [7, 11) is 1.89. The van der Waals surface area contributed by atoms with Gasteiger partial charge in [-0.15, -0.1) is 0 Å². The number of aliphatic hydroxyl groups is 1. The molecule has 0 aliphatic rings. The lowest BCUT2D eigenvalue weighted by atomic mass is 10.4. The van der Waals surface area contributed by atoms with Crippen LogP contribution in [0, 0.1) is 5.41 Å². The number of hydrogen-bond acceptors (Lipinski definition) is 3. The molecule has 4 N–H and O–H groups in total. The van der Waals surface area contributed by atoms with Crippen LogP contribution in [0.25, 0.3) is 0 Å². The maximum absolute atomic E-state index is 8.48. The Morgan fingerprint density at radius 3 is 2.60 bits per heavy atom. The van der Waals surface area contributed by atoms with Crippen molar-refractivity contribution in [3.8, 4) is 0 Å². The Morgan fingerprint density at radius 2 is 2.20 bits per heavy atom. The van der Waals surface area contributed by atoms with E-state index in [4.69, 9.17) is 16.2 Å². The summed E-state index contributed by atoms with van der Waals surface area (Å²) in [5.74, 6) is 0.199. The molecule has 0 aromatic heterocycles. The fourth-order valence-electron chi connectivity index (χ4n) is 0.594. The summed E-state index contributed by atoms with van der Waals surface area (Å²) in [6, 6.07) is 0. The van der Waals surface area contributed by atoms with Gasteiger partial charge in [-0.2, -0.15) is 0 Å². The molecule has 0 aromatic rings. The standard InChI is InChI=1S/C6H15N3O/c1-9(4-5-10)3-2-6(7)8/h10H,2-5H2,1H3,(H3,7,8). The predicted molar refractivity (Wildman–Crippen MR) is 41.1 cm³/mol. The van der Waals surface area contributed by atoms with Gasteiger partial charge < -0.3 is 15.7 Å². The molecule has 10 heavy (non-hydrogen) atoms. The summed E-state index contributed by atoms with van der Waals surface area (Å²) in [5, 5.41) is 15.4. The third kappa shape index (κ3) is 5.53. The Kier molecular flexibility index (Phi) is 4.88. The summed E-state index contributed by atoms with van der Waals surface area (Å²) in [6.07, 6.45) is 0.580. The molecular weight excluding hydrogens is 130 g/mol. The summed E-state index contributed by atoms with van der Waals surface area (Å²) in [5.41, 5.74) is 5.13. The predicted octanol–water partition coefficient (Wildman–Crippen LogP) is -0.763. The van der Waals surface area contributed by atoms with Gasteiger partial charge in [-0.1, -0.05) is 0 Å². The zero-order chi connectivity index (χ0) is 7.98. The van der Waals surface area contributed by atoms with Gasteiger partial charge in [0, 0.05) is 19.5 Å². The largest absolute Gasteiger partial charge is 0.395 e. The molecule has 0 aromatic carbocycles. The van der Waals surface area contributed by atoms with Gasteiger partial charge in [0.05, 0.1) is 12.4 Å². The van der Waals surface area contributed by atoms with Crippen molar-refractivity contribution < 1.29 is 5.11 Å². The second-order valence-corrected chi connectivity index (χ2v) is 2.30.